The molecular formula is C10H14F6. The van der Waals surface area contributed by atoms with Gasteiger partial charge in [-0.1, -0.05) is 27.2 Å². The maximum Gasteiger partial charge on any atom is 0.403 e. The van der Waals surface area contributed by atoms with Crippen molar-refractivity contribution in [3.63, 3.8) is 0 Å². The summed E-state index contributed by atoms with van der Waals surface area (Å²) in [4.78, 5) is 0. The highest BCUT2D eigenvalue weighted by molar-refractivity contribution is 5.11. The molecule has 3 atom stereocenters. The van der Waals surface area contributed by atoms with E-state index in [0.29, 0.717) is 0 Å². The molecule has 0 aliphatic heterocycles. The van der Waals surface area contributed by atoms with Crippen LogP contribution in [0.25, 0.3) is 0 Å². The summed E-state index contributed by atoms with van der Waals surface area (Å²) in [5, 5.41) is 0. The standard InChI is InChI=1S/C10H14F6/c1-4-7-5(2)6(3)8(7,9(11,12)13)10(14,15)16/h5-7H,4H2,1-3H3/t5-,6+,7-/m1/s1. The van der Waals surface area contributed by atoms with Gasteiger partial charge in [0.2, 0.25) is 0 Å². The number of rotatable bonds is 1. The molecule has 0 saturated heterocycles. The molecular weight excluding hydrogens is 234 g/mol. The Kier molecular flexibility index (Phi) is 3.01. The van der Waals surface area contributed by atoms with E-state index in [1.54, 1.807) is 0 Å². The van der Waals surface area contributed by atoms with E-state index in [1.807, 2.05) is 0 Å². The van der Waals surface area contributed by atoms with Crippen molar-refractivity contribution in [1.82, 2.24) is 0 Å². The maximum absolute atomic E-state index is 12.8. The van der Waals surface area contributed by atoms with Crippen molar-refractivity contribution in [2.45, 2.75) is 39.5 Å². The van der Waals surface area contributed by atoms with Gasteiger partial charge in [0, 0.05) is 0 Å². The molecule has 1 aliphatic carbocycles. The smallest absolute Gasteiger partial charge is 0.170 e. The third-order valence-corrected chi connectivity index (χ3v) is 4.10. The van der Waals surface area contributed by atoms with E-state index in [-0.39, 0.29) is 6.42 Å². The molecule has 0 heterocycles. The van der Waals surface area contributed by atoms with Crippen LogP contribution in [0.1, 0.15) is 27.2 Å². The zero-order valence-electron chi connectivity index (χ0n) is 9.21. The summed E-state index contributed by atoms with van der Waals surface area (Å²) in [6, 6.07) is 0. The van der Waals surface area contributed by atoms with Gasteiger partial charge in [0.15, 0.2) is 5.41 Å². The zero-order chi connectivity index (χ0) is 12.9. The summed E-state index contributed by atoms with van der Waals surface area (Å²) in [5.74, 6) is -3.31. The van der Waals surface area contributed by atoms with E-state index in [2.05, 4.69) is 0 Å². The first-order valence-corrected chi connectivity index (χ1v) is 5.15. The molecule has 1 fully saturated rings. The summed E-state index contributed by atoms with van der Waals surface area (Å²) in [6.45, 7) is 3.87. The van der Waals surface area contributed by atoms with Crippen LogP contribution in [0.2, 0.25) is 0 Å². The van der Waals surface area contributed by atoms with Crippen LogP contribution >= 0.6 is 0 Å². The molecule has 0 aromatic heterocycles. The zero-order valence-corrected chi connectivity index (χ0v) is 9.21. The third kappa shape index (κ3) is 1.37. The molecule has 0 spiro atoms. The number of hydrogen-bond donors (Lipinski definition) is 0. The minimum Gasteiger partial charge on any atom is -0.170 e. The molecule has 16 heavy (non-hydrogen) atoms. The van der Waals surface area contributed by atoms with Gasteiger partial charge in [-0.2, -0.15) is 26.3 Å². The first kappa shape index (κ1) is 13.6. The van der Waals surface area contributed by atoms with E-state index >= 15 is 0 Å². The molecule has 0 nitrogen and oxygen atoms in total. The van der Waals surface area contributed by atoms with E-state index < -0.39 is 35.5 Å². The Bertz CT molecular complexity index is 249. The number of alkyl halides is 6. The Balaban J connectivity index is 3.27. The average Bonchev–Trinajstić information content (AvgIpc) is 2.07. The van der Waals surface area contributed by atoms with Crippen LogP contribution in [0, 0.1) is 23.2 Å². The molecule has 0 aromatic rings. The largest absolute Gasteiger partial charge is 0.403 e. The minimum atomic E-state index is -5.22. The summed E-state index contributed by atoms with van der Waals surface area (Å²) in [6.07, 6.45) is -10.6. The highest BCUT2D eigenvalue weighted by Gasteiger charge is 2.82. The van der Waals surface area contributed by atoms with Crippen molar-refractivity contribution in [3.05, 3.63) is 0 Å². The molecule has 1 saturated carbocycles. The molecule has 0 amide bonds. The molecule has 0 unspecified atom stereocenters. The Morgan fingerprint density at radius 2 is 1.31 bits per heavy atom. The monoisotopic (exact) mass is 248 g/mol. The second-order valence-electron chi connectivity index (χ2n) is 4.53. The molecule has 0 radical (unpaired) electrons. The van der Waals surface area contributed by atoms with Crippen LogP contribution in [0.15, 0.2) is 0 Å². The third-order valence-electron chi connectivity index (χ3n) is 4.10. The van der Waals surface area contributed by atoms with Crippen LogP contribution < -0.4 is 0 Å². The van der Waals surface area contributed by atoms with E-state index in [9.17, 15) is 26.3 Å². The summed E-state index contributed by atoms with van der Waals surface area (Å²) < 4.78 is 76.8. The van der Waals surface area contributed by atoms with Crippen molar-refractivity contribution in [1.29, 1.82) is 0 Å². The lowest BCUT2D eigenvalue weighted by Crippen LogP contribution is -2.69. The SMILES string of the molecule is CC[C@@H]1[C@H](C)[C@H](C)C1(C(F)(F)F)C(F)(F)F. The lowest BCUT2D eigenvalue weighted by Gasteiger charge is -2.60. The van der Waals surface area contributed by atoms with Crippen molar-refractivity contribution >= 4 is 0 Å². The molecule has 0 aromatic carbocycles. The van der Waals surface area contributed by atoms with Crippen molar-refractivity contribution in [2.75, 3.05) is 0 Å². The summed E-state index contributed by atoms with van der Waals surface area (Å²) in [5.41, 5.74) is -3.51. The topological polar surface area (TPSA) is 0 Å². The Morgan fingerprint density at radius 1 is 0.938 bits per heavy atom. The van der Waals surface area contributed by atoms with Gasteiger partial charge < -0.3 is 0 Å². The van der Waals surface area contributed by atoms with E-state index in [1.165, 1.54) is 13.8 Å². The van der Waals surface area contributed by atoms with Gasteiger partial charge in [-0.15, -0.1) is 0 Å². The predicted molar refractivity (Wildman–Crippen MR) is 46.7 cm³/mol. The highest BCUT2D eigenvalue weighted by Crippen LogP contribution is 2.70. The molecule has 1 rings (SSSR count). The summed E-state index contributed by atoms with van der Waals surface area (Å²) in [7, 11) is 0. The summed E-state index contributed by atoms with van der Waals surface area (Å²) >= 11 is 0. The second kappa shape index (κ2) is 3.53. The average molecular weight is 248 g/mol. The fourth-order valence-electron chi connectivity index (χ4n) is 3.19. The fourth-order valence-corrected chi connectivity index (χ4v) is 3.19. The lowest BCUT2D eigenvalue weighted by atomic mass is 9.46. The van der Waals surface area contributed by atoms with Gasteiger partial charge in [-0.3, -0.25) is 0 Å². The van der Waals surface area contributed by atoms with Crippen LogP contribution in [0.3, 0.4) is 0 Å². The predicted octanol–water partition coefficient (Wildman–Crippen LogP) is 4.41. The van der Waals surface area contributed by atoms with Crippen LogP contribution in [-0.4, -0.2) is 12.4 Å². The molecule has 0 bridgehead atoms. The lowest BCUT2D eigenvalue weighted by molar-refractivity contribution is -0.420. The van der Waals surface area contributed by atoms with Crippen LogP contribution in [-0.2, 0) is 0 Å². The number of halogens is 6. The highest BCUT2D eigenvalue weighted by atomic mass is 19.4. The quantitative estimate of drug-likeness (QED) is 0.603. The first-order valence-electron chi connectivity index (χ1n) is 5.15. The maximum atomic E-state index is 12.8. The fraction of sp³-hybridized carbons (Fsp3) is 1.00. The Hall–Kier alpha value is -0.420. The minimum absolute atomic E-state index is 0.107. The van der Waals surface area contributed by atoms with Crippen LogP contribution in [0.5, 0.6) is 0 Å². The van der Waals surface area contributed by atoms with Gasteiger partial charge in [0.1, 0.15) is 0 Å². The van der Waals surface area contributed by atoms with Gasteiger partial charge >= 0.3 is 12.4 Å². The van der Waals surface area contributed by atoms with Gasteiger partial charge in [0.05, 0.1) is 0 Å². The second-order valence-corrected chi connectivity index (χ2v) is 4.53. The van der Waals surface area contributed by atoms with Gasteiger partial charge in [0.25, 0.3) is 0 Å². The van der Waals surface area contributed by atoms with Gasteiger partial charge in [-0.05, 0) is 17.8 Å². The molecule has 1 aliphatic rings. The van der Waals surface area contributed by atoms with E-state index in [0.717, 1.165) is 6.92 Å². The molecule has 96 valence electrons. The van der Waals surface area contributed by atoms with Crippen molar-refractivity contribution < 1.29 is 26.3 Å². The Labute approximate surface area is 90.0 Å². The van der Waals surface area contributed by atoms with Crippen molar-refractivity contribution in [2.24, 2.45) is 23.2 Å². The van der Waals surface area contributed by atoms with Crippen molar-refractivity contribution in [3.8, 4) is 0 Å². The molecule has 0 N–H and O–H groups in total. The Morgan fingerprint density at radius 3 is 1.50 bits per heavy atom. The number of hydrogen-bond acceptors (Lipinski definition) is 0. The van der Waals surface area contributed by atoms with E-state index in [4.69, 9.17) is 0 Å². The molecule has 6 heteroatoms. The normalized spacial score (nSPS) is 34.7. The van der Waals surface area contributed by atoms with Gasteiger partial charge in [-0.25, -0.2) is 0 Å². The van der Waals surface area contributed by atoms with Crippen LogP contribution in [0.4, 0.5) is 26.3 Å². The first-order chi connectivity index (χ1) is 7.01.